The zero-order valence-corrected chi connectivity index (χ0v) is 9.23. The summed E-state index contributed by atoms with van der Waals surface area (Å²) < 4.78 is 0. The quantitative estimate of drug-likeness (QED) is 0.426. The zero-order valence-electron chi connectivity index (χ0n) is 8.42. The molecule has 14 heavy (non-hydrogen) atoms. The average Bonchev–Trinajstić information content (AvgIpc) is 2.19. The van der Waals surface area contributed by atoms with Gasteiger partial charge in [-0.2, -0.15) is 5.26 Å². The fraction of sp³-hybridized carbons (Fsp3) is 0.600. The van der Waals surface area contributed by atoms with Gasteiger partial charge in [-0.25, -0.2) is 0 Å². The van der Waals surface area contributed by atoms with Gasteiger partial charge in [0.15, 0.2) is 0 Å². The molecule has 0 aliphatic carbocycles. The fourth-order valence-corrected chi connectivity index (χ4v) is 1.90. The van der Waals surface area contributed by atoms with Gasteiger partial charge in [0.2, 0.25) is 0 Å². The summed E-state index contributed by atoms with van der Waals surface area (Å²) in [6.07, 6.45) is 3.65. The molecule has 1 aliphatic rings. The van der Waals surface area contributed by atoms with Crippen molar-refractivity contribution in [1.29, 1.82) is 5.26 Å². The van der Waals surface area contributed by atoms with E-state index in [1.807, 2.05) is 6.92 Å². The molecule has 0 saturated carbocycles. The number of thiocarbonyl (C=S) groups is 1. The SMILES string of the molecule is C/C(=C(\C#N)C(N)=S)N1CCCCC1. The number of nitriles is 1. The van der Waals surface area contributed by atoms with Gasteiger partial charge in [0, 0.05) is 18.8 Å². The van der Waals surface area contributed by atoms with Crippen LogP contribution in [-0.4, -0.2) is 23.0 Å². The van der Waals surface area contributed by atoms with E-state index in [1.54, 1.807) is 0 Å². The van der Waals surface area contributed by atoms with Gasteiger partial charge in [-0.05, 0) is 26.2 Å². The summed E-state index contributed by atoms with van der Waals surface area (Å²) in [4.78, 5) is 2.40. The summed E-state index contributed by atoms with van der Waals surface area (Å²) >= 11 is 4.83. The molecule has 1 aliphatic heterocycles. The molecule has 0 amide bonds. The van der Waals surface area contributed by atoms with Crippen LogP contribution in [0.3, 0.4) is 0 Å². The Morgan fingerprint density at radius 1 is 1.36 bits per heavy atom. The van der Waals surface area contributed by atoms with Crippen molar-refractivity contribution in [2.45, 2.75) is 26.2 Å². The Morgan fingerprint density at radius 3 is 2.36 bits per heavy atom. The van der Waals surface area contributed by atoms with Crippen LogP contribution in [0.2, 0.25) is 0 Å². The Hall–Kier alpha value is -1.08. The van der Waals surface area contributed by atoms with Crippen molar-refractivity contribution in [3.05, 3.63) is 11.3 Å². The smallest absolute Gasteiger partial charge is 0.116 e. The molecule has 0 aromatic carbocycles. The summed E-state index contributed by atoms with van der Waals surface area (Å²) in [5.41, 5.74) is 6.87. The van der Waals surface area contributed by atoms with Crippen molar-refractivity contribution >= 4 is 17.2 Å². The van der Waals surface area contributed by atoms with E-state index in [1.165, 1.54) is 19.3 Å². The van der Waals surface area contributed by atoms with Gasteiger partial charge < -0.3 is 10.6 Å². The van der Waals surface area contributed by atoms with Crippen LogP contribution in [0.1, 0.15) is 26.2 Å². The second kappa shape index (κ2) is 4.97. The molecule has 2 N–H and O–H groups in total. The average molecular weight is 209 g/mol. The minimum atomic E-state index is 0.204. The Balaban J connectivity index is 2.83. The lowest BCUT2D eigenvalue weighted by atomic mass is 10.1. The van der Waals surface area contributed by atoms with Gasteiger partial charge in [0.25, 0.3) is 0 Å². The van der Waals surface area contributed by atoms with Gasteiger partial charge in [-0.3, -0.25) is 0 Å². The number of hydrogen-bond acceptors (Lipinski definition) is 3. The van der Waals surface area contributed by atoms with Crippen LogP contribution in [0.25, 0.3) is 0 Å². The summed E-state index contributed by atoms with van der Waals surface area (Å²) in [7, 11) is 0. The normalized spacial score (nSPS) is 18.4. The highest BCUT2D eigenvalue weighted by Gasteiger charge is 2.14. The molecule has 0 radical (unpaired) electrons. The number of likely N-dealkylation sites (tertiary alicyclic amines) is 1. The maximum atomic E-state index is 8.90. The predicted octanol–water partition coefficient (Wildman–Crippen LogP) is 1.56. The van der Waals surface area contributed by atoms with Crippen LogP contribution in [0.5, 0.6) is 0 Å². The van der Waals surface area contributed by atoms with Crippen LogP contribution < -0.4 is 5.73 Å². The van der Waals surface area contributed by atoms with E-state index in [4.69, 9.17) is 23.2 Å². The maximum Gasteiger partial charge on any atom is 0.116 e. The number of allylic oxidation sites excluding steroid dienone is 1. The first kappa shape index (κ1) is 11.0. The molecular weight excluding hydrogens is 194 g/mol. The van der Waals surface area contributed by atoms with E-state index in [0.717, 1.165) is 18.8 Å². The minimum Gasteiger partial charge on any atom is -0.389 e. The molecule has 0 spiro atoms. The van der Waals surface area contributed by atoms with E-state index in [0.29, 0.717) is 5.57 Å². The molecule has 76 valence electrons. The fourth-order valence-electron chi connectivity index (χ4n) is 1.70. The highest BCUT2D eigenvalue weighted by molar-refractivity contribution is 7.80. The van der Waals surface area contributed by atoms with E-state index < -0.39 is 0 Å². The highest BCUT2D eigenvalue weighted by atomic mass is 32.1. The van der Waals surface area contributed by atoms with Gasteiger partial charge in [-0.1, -0.05) is 12.2 Å². The molecule has 3 nitrogen and oxygen atoms in total. The van der Waals surface area contributed by atoms with E-state index in [-0.39, 0.29) is 4.99 Å². The second-order valence-electron chi connectivity index (χ2n) is 3.48. The molecule has 0 unspecified atom stereocenters. The van der Waals surface area contributed by atoms with Crippen molar-refractivity contribution in [1.82, 2.24) is 4.90 Å². The zero-order chi connectivity index (χ0) is 10.6. The standard InChI is InChI=1S/C10H15N3S/c1-8(9(7-11)10(12)14)13-5-3-2-4-6-13/h2-6H2,1H3,(H2,12,14)/b9-8-. The number of nitrogens with two attached hydrogens (primary N) is 1. The Morgan fingerprint density at radius 2 is 1.93 bits per heavy atom. The molecule has 1 saturated heterocycles. The van der Waals surface area contributed by atoms with Crippen LogP contribution >= 0.6 is 12.2 Å². The van der Waals surface area contributed by atoms with Gasteiger partial charge in [0.05, 0.1) is 0 Å². The molecule has 0 bridgehead atoms. The summed E-state index contributed by atoms with van der Waals surface area (Å²) in [5, 5.41) is 8.90. The Kier molecular flexibility index (Phi) is 3.90. The summed E-state index contributed by atoms with van der Waals surface area (Å²) in [6.45, 7) is 3.95. The Labute approximate surface area is 90.2 Å². The number of hydrogen-bond donors (Lipinski definition) is 1. The minimum absolute atomic E-state index is 0.204. The monoisotopic (exact) mass is 209 g/mol. The van der Waals surface area contributed by atoms with Gasteiger partial charge >= 0.3 is 0 Å². The lowest BCUT2D eigenvalue weighted by Crippen LogP contribution is -2.30. The topological polar surface area (TPSA) is 53.1 Å². The number of nitrogens with zero attached hydrogens (tertiary/aromatic N) is 2. The van der Waals surface area contributed by atoms with Crippen LogP contribution in [0, 0.1) is 11.3 Å². The van der Waals surface area contributed by atoms with Gasteiger partial charge in [0.1, 0.15) is 16.6 Å². The largest absolute Gasteiger partial charge is 0.389 e. The molecule has 0 aromatic heterocycles. The van der Waals surface area contributed by atoms with Crippen LogP contribution in [0.15, 0.2) is 11.3 Å². The Bertz CT molecular complexity index is 295. The summed E-state index contributed by atoms with van der Waals surface area (Å²) in [6, 6.07) is 2.07. The first-order valence-corrected chi connectivity index (χ1v) is 5.23. The van der Waals surface area contributed by atoms with E-state index in [9.17, 15) is 0 Å². The molecule has 0 atom stereocenters. The molecule has 4 heteroatoms. The molecule has 0 aromatic rings. The lowest BCUT2D eigenvalue weighted by molar-refractivity contribution is 0.285. The third kappa shape index (κ3) is 2.46. The first-order chi connectivity index (χ1) is 6.66. The van der Waals surface area contributed by atoms with E-state index >= 15 is 0 Å². The van der Waals surface area contributed by atoms with Crippen LogP contribution in [-0.2, 0) is 0 Å². The van der Waals surface area contributed by atoms with Crippen LogP contribution in [0.4, 0.5) is 0 Å². The number of rotatable bonds is 2. The van der Waals surface area contributed by atoms with E-state index in [2.05, 4.69) is 11.0 Å². The molecular formula is C10H15N3S. The highest BCUT2D eigenvalue weighted by Crippen LogP contribution is 2.17. The van der Waals surface area contributed by atoms with Crippen molar-refractivity contribution < 1.29 is 0 Å². The third-order valence-corrected chi connectivity index (χ3v) is 2.75. The van der Waals surface area contributed by atoms with Crippen molar-refractivity contribution in [3.63, 3.8) is 0 Å². The molecule has 1 rings (SSSR count). The lowest BCUT2D eigenvalue weighted by Gasteiger charge is -2.29. The summed E-state index contributed by atoms with van der Waals surface area (Å²) in [5.74, 6) is 0. The van der Waals surface area contributed by atoms with Crippen molar-refractivity contribution in [2.75, 3.05) is 13.1 Å². The van der Waals surface area contributed by atoms with Crippen molar-refractivity contribution in [3.8, 4) is 6.07 Å². The van der Waals surface area contributed by atoms with Gasteiger partial charge in [-0.15, -0.1) is 0 Å². The van der Waals surface area contributed by atoms with Crippen molar-refractivity contribution in [2.24, 2.45) is 5.73 Å². The predicted molar refractivity (Wildman–Crippen MR) is 60.5 cm³/mol. The first-order valence-electron chi connectivity index (χ1n) is 4.82. The maximum absolute atomic E-state index is 8.90. The second-order valence-corrected chi connectivity index (χ2v) is 3.92. The number of piperidine rings is 1. The molecule has 1 fully saturated rings. The molecule has 1 heterocycles. The third-order valence-electron chi connectivity index (χ3n) is 2.55.